The molecule has 0 aromatic rings. The van der Waals surface area contributed by atoms with Crippen molar-refractivity contribution in [3.8, 4) is 0 Å². The van der Waals surface area contributed by atoms with Crippen LogP contribution in [0.2, 0.25) is 0 Å². The minimum Gasteiger partial charge on any atom is -0.412 e. The summed E-state index contributed by atoms with van der Waals surface area (Å²) in [4.78, 5) is 0. The third-order valence-corrected chi connectivity index (χ3v) is 5.60. The molecule has 4 N–H and O–H groups in total. The summed E-state index contributed by atoms with van der Waals surface area (Å²) in [5.74, 6) is 1.02. The van der Waals surface area contributed by atoms with E-state index < -0.39 is 0 Å². The van der Waals surface area contributed by atoms with E-state index in [0.29, 0.717) is 7.18 Å². The lowest BCUT2D eigenvalue weighted by Crippen LogP contribution is -2.29. The van der Waals surface area contributed by atoms with E-state index in [1.165, 1.54) is 70.6 Å². The topological polar surface area (TPSA) is 63.0 Å². The minimum absolute atomic E-state index is 0. The van der Waals surface area contributed by atoms with Gasteiger partial charge in [0.15, 0.2) is 0 Å². The number of alkyl halides is 1. The Balaban J connectivity index is -0.0000000933. The van der Waals surface area contributed by atoms with E-state index in [1.54, 1.807) is 25.7 Å². The van der Waals surface area contributed by atoms with Gasteiger partial charge in [0.05, 0.1) is 7.18 Å². The number of rotatable bonds is 0. The molecule has 3 saturated carbocycles. The van der Waals surface area contributed by atoms with Crippen molar-refractivity contribution in [1.82, 2.24) is 0 Å². The van der Waals surface area contributed by atoms with Crippen LogP contribution in [0, 0.1) is 11.3 Å². The molecular weight excluding hydrogens is 327 g/mol. The molecule has 0 bridgehead atoms. The van der Waals surface area contributed by atoms with Crippen LogP contribution in [0.5, 0.6) is 0 Å². The fourth-order valence-electron chi connectivity index (χ4n) is 4.59. The third-order valence-electron chi connectivity index (χ3n) is 5.60. The normalized spacial score (nSPS) is 22.5. The highest BCUT2D eigenvalue weighted by atomic mass is 19.1. The van der Waals surface area contributed by atoms with Gasteiger partial charge in [0.1, 0.15) is 0 Å². The second kappa shape index (κ2) is 24.8. The van der Waals surface area contributed by atoms with E-state index in [9.17, 15) is 4.39 Å². The summed E-state index contributed by atoms with van der Waals surface area (Å²) in [7, 11) is 0.500. The SMILES string of the molecule is C1CCCCC1.CC.CC.CC1CCCC2(CCCCC2)C1.CF.O.O.[HH]. The van der Waals surface area contributed by atoms with Gasteiger partial charge in [-0.05, 0) is 37.0 Å². The van der Waals surface area contributed by atoms with E-state index in [4.69, 9.17) is 0 Å². The van der Waals surface area contributed by atoms with Gasteiger partial charge >= 0.3 is 0 Å². The van der Waals surface area contributed by atoms with Crippen LogP contribution in [-0.2, 0) is 0 Å². The highest BCUT2D eigenvalue weighted by molar-refractivity contribution is 4.87. The summed E-state index contributed by atoms with van der Waals surface area (Å²) in [6.45, 7) is 10.5. The highest BCUT2D eigenvalue weighted by Gasteiger charge is 2.35. The van der Waals surface area contributed by atoms with E-state index in [-0.39, 0.29) is 12.4 Å². The van der Waals surface area contributed by atoms with Gasteiger partial charge in [0.25, 0.3) is 0 Å². The van der Waals surface area contributed by atoms with Crippen molar-refractivity contribution in [2.75, 3.05) is 7.18 Å². The molecule has 3 aliphatic rings. The molecule has 166 valence electrons. The zero-order valence-corrected chi connectivity index (χ0v) is 19.1. The predicted molar refractivity (Wildman–Crippen MR) is 120 cm³/mol. The van der Waals surface area contributed by atoms with Crippen molar-refractivity contribution in [1.29, 1.82) is 0 Å². The van der Waals surface area contributed by atoms with Crippen LogP contribution in [-0.4, -0.2) is 18.1 Å². The molecule has 1 atom stereocenters. The maximum absolute atomic E-state index is 9.50. The first-order valence-electron chi connectivity index (χ1n) is 11.2. The lowest BCUT2D eigenvalue weighted by molar-refractivity contribution is 0.0937. The summed E-state index contributed by atoms with van der Waals surface area (Å²) >= 11 is 0. The Kier molecular flexibility index (Phi) is 32.0. The van der Waals surface area contributed by atoms with Crippen molar-refractivity contribution in [2.24, 2.45) is 11.3 Å². The average Bonchev–Trinajstić information content (AvgIpc) is 2.69. The van der Waals surface area contributed by atoms with Crippen LogP contribution in [0.15, 0.2) is 0 Å². The maximum atomic E-state index is 9.50. The number of hydrogen-bond acceptors (Lipinski definition) is 0. The van der Waals surface area contributed by atoms with Gasteiger partial charge in [-0.2, -0.15) is 0 Å². The lowest BCUT2D eigenvalue weighted by atomic mass is 9.63. The largest absolute Gasteiger partial charge is 0.412 e. The number of halogens is 1. The Bertz CT molecular complexity index is 213. The molecule has 3 fully saturated rings. The Labute approximate surface area is 166 Å². The van der Waals surface area contributed by atoms with Crippen LogP contribution >= 0.6 is 0 Å². The molecule has 0 aliphatic heterocycles. The lowest BCUT2D eigenvalue weighted by Gasteiger charge is -2.43. The molecule has 3 aliphatic carbocycles. The molecule has 0 aromatic carbocycles. The van der Waals surface area contributed by atoms with Gasteiger partial charge in [0, 0.05) is 1.43 Å². The first-order valence-corrected chi connectivity index (χ1v) is 11.2. The predicted octanol–water partition coefficient (Wildman–Crippen LogP) is 7.72. The van der Waals surface area contributed by atoms with Gasteiger partial charge in [-0.15, -0.1) is 0 Å². The Morgan fingerprint density at radius 3 is 1.27 bits per heavy atom. The molecule has 26 heavy (non-hydrogen) atoms. The van der Waals surface area contributed by atoms with Gasteiger partial charge in [0.2, 0.25) is 0 Å². The van der Waals surface area contributed by atoms with Crippen molar-refractivity contribution in [3.05, 3.63) is 0 Å². The average molecular weight is 383 g/mol. The Hall–Kier alpha value is -0.150. The molecule has 0 aromatic heterocycles. The highest BCUT2D eigenvalue weighted by Crippen LogP contribution is 2.48. The van der Waals surface area contributed by atoms with Crippen molar-refractivity contribution in [2.45, 2.75) is 131 Å². The molecular formula is C23H55FO2. The quantitative estimate of drug-likeness (QED) is 0.411. The maximum Gasteiger partial charge on any atom is 0.0785 e. The van der Waals surface area contributed by atoms with E-state index in [1.807, 2.05) is 27.7 Å². The fraction of sp³-hybridized carbons (Fsp3) is 1.00. The van der Waals surface area contributed by atoms with Crippen LogP contribution < -0.4 is 0 Å². The Morgan fingerprint density at radius 1 is 0.615 bits per heavy atom. The monoisotopic (exact) mass is 382 g/mol. The zero-order chi connectivity index (χ0) is 18.7. The van der Waals surface area contributed by atoms with Crippen molar-refractivity contribution < 1.29 is 16.8 Å². The smallest absolute Gasteiger partial charge is 0.0785 e. The standard InChI is InChI=1S/C12H22.C6H12.2C2H6.CH3F.2H2O.H2/c1-11-6-5-9-12(10-11)7-3-2-4-8-12;1-2-4-6-5-3-1;3*1-2;;;/h11H,2-10H2,1H3;1-6H2;2*1-2H3;1H3;2*1H2;1H. The first-order chi connectivity index (χ1) is 11.8. The number of hydrogen-bond donors (Lipinski definition) is 0. The Morgan fingerprint density at radius 2 is 0.923 bits per heavy atom. The molecule has 3 rings (SSSR count). The molecule has 1 spiro atoms. The van der Waals surface area contributed by atoms with Crippen LogP contribution in [0.3, 0.4) is 0 Å². The van der Waals surface area contributed by atoms with E-state index >= 15 is 0 Å². The van der Waals surface area contributed by atoms with Gasteiger partial charge in [-0.3, -0.25) is 4.39 Å². The zero-order valence-electron chi connectivity index (χ0n) is 19.1. The molecule has 0 radical (unpaired) electrons. The van der Waals surface area contributed by atoms with E-state index in [2.05, 4.69) is 6.92 Å². The first kappa shape index (κ1) is 33.4. The molecule has 2 nitrogen and oxygen atoms in total. The van der Waals surface area contributed by atoms with Crippen molar-refractivity contribution in [3.63, 3.8) is 0 Å². The molecule has 0 amide bonds. The molecule has 0 heterocycles. The second-order valence-electron chi connectivity index (χ2n) is 7.38. The van der Waals surface area contributed by atoms with Gasteiger partial charge in [-0.25, -0.2) is 0 Å². The fourth-order valence-corrected chi connectivity index (χ4v) is 4.59. The third kappa shape index (κ3) is 16.1. The molecule has 0 saturated heterocycles. The molecule has 1 unspecified atom stereocenters. The van der Waals surface area contributed by atoms with Crippen molar-refractivity contribution >= 4 is 0 Å². The summed E-state index contributed by atoms with van der Waals surface area (Å²) < 4.78 is 9.50. The molecule has 3 heteroatoms. The second-order valence-corrected chi connectivity index (χ2v) is 7.38. The van der Waals surface area contributed by atoms with Crippen LogP contribution in [0.4, 0.5) is 4.39 Å². The van der Waals surface area contributed by atoms with Gasteiger partial charge in [-0.1, -0.05) is 105 Å². The van der Waals surface area contributed by atoms with Gasteiger partial charge < -0.3 is 11.0 Å². The minimum atomic E-state index is 0. The summed E-state index contributed by atoms with van der Waals surface area (Å²) in [6.07, 6.45) is 22.8. The van der Waals surface area contributed by atoms with Crippen LogP contribution in [0.25, 0.3) is 0 Å². The summed E-state index contributed by atoms with van der Waals surface area (Å²) in [5.41, 5.74) is 0.829. The summed E-state index contributed by atoms with van der Waals surface area (Å²) in [5, 5.41) is 0. The summed E-state index contributed by atoms with van der Waals surface area (Å²) in [6, 6.07) is 0. The van der Waals surface area contributed by atoms with E-state index in [0.717, 1.165) is 11.3 Å². The van der Waals surface area contributed by atoms with Crippen LogP contribution in [0.1, 0.15) is 132 Å².